The van der Waals surface area contributed by atoms with E-state index in [9.17, 15) is 9.59 Å². The number of hydrogen-bond acceptors (Lipinski definition) is 6. The molecule has 3 heterocycles. The average molecular weight is 665 g/mol. The first-order valence-corrected chi connectivity index (χ1v) is 16.2. The molecule has 1 saturated carbocycles. The van der Waals surface area contributed by atoms with Crippen LogP contribution in [0.3, 0.4) is 0 Å². The van der Waals surface area contributed by atoms with Crippen molar-refractivity contribution < 1.29 is 28.0 Å². The van der Waals surface area contributed by atoms with Crippen LogP contribution in [0.15, 0.2) is 65.2 Å². The summed E-state index contributed by atoms with van der Waals surface area (Å²) in [4.78, 5) is 27.9. The Kier molecular flexibility index (Phi) is 8.48. The van der Waals surface area contributed by atoms with Crippen LogP contribution in [0.1, 0.15) is 66.1 Å². The largest absolute Gasteiger partial charge is 0.465 e. The quantitative estimate of drug-likeness (QED) is 0.189. The van der Waals surface area contributed by atoms with E-state index < -0.39 is 11.8 Å². The molecular weight excluding hydrogens is 632 g/mol. The number of piperidine rings is 1. The van der Waals surface area contributed by atoms with Gasteiger partial charge in [0, 0.05) is 29.1 Å². The number of carbonyl (C=O) groups excluding carboxylic acids is 2. The molecule has 2 atom stereocenters. The third-order valence-electron chi connectivity index (χ3n) is 9.19. The first kappa shape index (κ1) is 30.7. The fourth-order valence-corrected chi connectivity index (χ4v) is 7.40. The summed E-state index contributed by atoms with van der Waals surface area (Å²) < 4.78 is 32.5. The van der Waals surface area contributed by atoms with Gasteiger partial charge in [0.05, 0.1) is 41.1 Å². The van der Waals surface area contributed by atoms with E-state index in [2.05, 4.69) is 10.5 Å². The van der Waals surface area contributed by atoms with Crippen molar-refractivity contribution in [3.8, 4) is 22.4 Å². The fourth-order valence-electron chi connectivity index (χ4n) is 6.83. The highest BCUT2D eigenvalue weighted by molar-refractivity contribution is 6.39. The van der Waals surface area contributed by atoms with E-state index in [1.54, 1.807) is 18.2 Å². The number of halogens is 3. The van der Waals surface area contributed by atoms with Crippen LogP contribution in [-0.4, -0.2) is 47.4 Å². The summed E-state index contributed by atoms with van der Waals surface area (Å²) in [6, 6.07) is 16.6. The predicted molar refractivity (Wildman–Crippen MR) is 173 cm³/mol. The van der Waals surface area contributed by atoms with Crippen LogP contribution in [-0.2, 0) is 16.1 Å². The molecular formula is C35H32Cl2FN3O5. The monoisotopic (exact) mass is 663 g/mol. The molecule has 1 aromatic heterocycles. The second-order valence-electron chi connectivity index (χ2n) is 12.1. The smallest absolute Gasteiger partial charge is 0.338 e. The molecule has 3 aromatic carbocycles. The number of urea groups is 1. The lowest BCUT2D eigenvalue weighted by molar-refractivity contribution is -0.0158. The van der Waals surface area contributed by atoms with Crippen molar-refractivity contribution in [2.45, 2.75) is 69.2 Å². The number of anilines is 1. The van der Waals surface area contributed by atoms with E-state index in [1.807, 2.05) is 35.2 Å². The van der Waals surface area contributed by atoms with Gasteiger partial charge in [-0.05, 0) is 73.9 Å². The van der Waals surface area contributed by atoms with E-state index >= 15 is 4.39 Å². The Bertz CT molecular complexity index is 1760. The Labute approximate surface area is 275 Å². The number of aromatic nitrogens is 1. The van der Waals surface area contributed by atoms with E-state index in [0.717, 1.165) is 43.1 Å². The number of rotatable bonds is 8. The third kappa shape index (κ3) is 5.87. The van der Waals surface area contributed by atoms with Crippen LogP contribution >= 0.6 is 23.2 Å². The fraction of sp³-hybridized carbons (Fsp3) is 0.343. The molecule has 4 aromatic rings. The molecule has 1 aliphatic carbocycles. The molecule has 2 saturated heterocycles. The third-order valence-corrected chi connectivity index (χ3v) is 9.82. The van der Waals surface area contributed by atoms with Crippen molar-refractivity contribution in [2.24, 2.45) is 0 Å². The van der Waals surface area contributed by atoms with E-state index in [4.69, 9.17) is 37.2 Å². The molecule has 2 aliphatic heterocycles. The van der Waals surface area contributed by atoms with E-state index in [0.29, 0.717) is 57.8 Å². The van der Waals surface area contributed by atoms with Crippen molar-refractivity contribution in [1.29, 1.82) is 0 Å². The zero-order valence-electron chi connectivity index (χ0n) is 25.1. The summed E-state index contributed by atoms with van der Waals surface area (Å²) in [6.45, 7) is 0.294. The standard InChI is InChI=1S/C35H32Cl2FN3O5/c1-44-34(42)25-16-29(38)30(17-24(25)19-6-3-2-4-7-19)39-35(43)41-21-12-13-22(41)15-23(14-21)45-18-26-32(40-46-33(26)20-10-11-20)31-27(36)8-5-9-28(31)37/h2-9,16-17,20-23H,10-15,18H2,1H3,(H,39,43). The number of hydrogen-bond donors (Lipinski definition) is 1. The van der Waals surface area contributed by atoms with Gasteiger partial charge in [-0.3, -0.25) is 0 Å². The lowest BCUT2D eigenvalue weighted by Crippen LogP contribution is -2.50. The highest BCUT2D eigenvalue weighted by Crippen LogP contribution is 2.47. The molecule has 1 N–H and O–H groups in total. The Balaban J connectivity index is 1.06. The molecule has 46 heavy (non-hydrogen) atoms. The van der Waals surface area contributed by atoms with Crippen molar-refractivity contribution in [3.63, 3.8) is 0 Å². The van der Waals surface area contributed by atoms with Crippen LogP contribution < -0.4 is 5.32 Å². The van der Waals surface area contributed by atoms with Gasteiger partial charge >= 0.3 is 12.0 Å². The molecule has 2 bridgehead atoms. The number of carbonyl (C=O) groups is 2. The first-order chi connectivity index (χ1) is 22.3. The van der Waals surface area contributed by atoms with Crippen LogP contribution in [0, 0.1) is 5.82 Å². The molecule has 2 unspecified atom stereocenters. The lowest BCUT2D eigenvalue weighted by atomic mass is 9.98. The highest BCUT2D eigenvalue weighted by atomic mass is 35.5. The Hall–Kier alpha value is -3.92. The van der Waals surface area contributed by atoms with E-state index in [1.165, 1.54) is 13.2 Å². The lowest BCUT2D eigenvalue weighted by Gasteiger charge is -2.38. The van der Waals surface area contributed by atoms with Gasteiger partial charge in [0.1, 0.15) is 17.3 Å². The molecule has 2 amide bonds. The minimum Gasteiger partial charge on any atom is -0.465 e. The molecule has 11 heteroatoms. The topological polar surface area (TPSA) is 93.9 Å². The Morgan fingerprint density at radius 1 is 1.00 bits per heavy atom. The molecule has 7 rings (SSSR count). The maximum Gasteiger partial charge on any atom is 0.338 e. The van der Waals surface area contributed by atoms with Gasteiger partial charge < -0.3 is 24.2 Å². The second kappa shape index (κ2) is 12.7. The van der Waals surface area contributed by atoms with Gasteiger partial charge in [-0.25, -0.2) is 14.0 Å². The van der Waals surface area contributed by atoms with Gasteiger partial charge in [0.2, 0.25) is 0 Å². The zero-order chi connectivity index (χ0) is 31.9. The van der Waals surface area contributed by atoms with Crippen LogP contribution in [0.5, 0.6) is 0 Å². The average Bonchev–Trinajstić information content (AvgIpc) is 3.76. The first-order valence-electron chi connectivity index (χ1n) is 15.4. The molecule has 0 radical (unpaired) electrons. The number of fused-ring (bicyclic) bond motifs is 2. The number of nitrogens with one attached hydrogen (secondary N) is 1. The summed E-state index contributed by atoms with van der Waals surface area (Å²) in [5, 5.41) is 8.13. The SMILES string of the molecule is COC(=O)c1cc(F)c(NC(=O)N2C3CCC2CC(OCc2c(-c4c(Cl)cccc4Cl)noc2C2CC2)C3)cc1-c1ccccc1. The summed E-state index contributed by atoms with van der Waals surface area (Å²) >= 11 is 13.0. The number of methoxy groups -OCH3 is 1. The minimum absolute atomic E-state index is 0.0000979. The minimum atomic E-state index is -0.714. The van der Waals surface area contributed by atoms with Crippen molar-refractivity contribution in [2.75, 3.05) is 12.4 Å². The van der Waals surface area contributed by atoms with Gasteiger partial charge in [-0.2, -0.15) is 0 Å². The Morgan fingerprint density at radius 2 is 1.70 bits per heavy atom. The van der Waals surface area contributed by atoms with Gasteiger partial charge in [-0.15, -0.1) is 0 Å². The maximum absolute atomic E-state index is 15.3. The number of nitrogens with zero attached hydrogens (tertiary/aromatic N) is 2. The number of benzene rings is 3. The summed E-state index contributed by atoms with van der Waals surface area (Å²) in [5.41, 5.74) is 3.36. The highest BCUT2D eigenvalue weighted by Gasteiger charge is 2.44. The molecule has 8 nitrogen and oxygen atoms in total. The maximum atomic E-state index is 15.3. The van der Waals surface area contributed by atoms with Gasteiger partial charge in [0.15, 0.2) is 0 Å². The predicted octanol–water partition coefficient (Wildman–Crippen LogP) is 8.86. The van der Waals surface area contributed by atoms with Gasteiger partial charge in [-0.1, -0.05) is 64.8 Å². The van der Waals surface area contributed by atoms with Crippen molar-refractivity contribution in [1.82, 2.24) is 10.1 Å². The zero-order valence-corrected chi connectivity index (χ0v) is 26.6. The van der Waals surface area contributed by atoms with Crippen LogP contribution in [0.2, 0.25) is 10.0 Å². The van der Waals surface area contributed by atoms with Crippen molar-refractivity contribution >= 4 is 40.9 Å². The normalized spacial score (nSPS) is 20.5. The Morgan fingerprint density at radius 3 is 2.35 bits per heavy atom. The van der Waals surface area contributed by atoms with Crippen LogP contribution in [0.25, 0.3) is 22.4 Å². The summed E-state index contributed by atoms with van der Waals surface area (Å²) in [7, 11) is 1.25. The van der Waals surface area contributed by atoms with E-state index in [-0.39, 0.29) is 35.5 Å². The number of esters is 1. The number of ether oxygens (including phenoxy) is 2. The van der Waals surface area contributed by atoms with Gasteiger partial charge in [0.25, 0.3) is 0 Å². The van der Waals surface area contributed by atoms with Crippen LogP contribution in [0.4, 0.5) is 14.9 Å². The second-order valence-corrected chi connectivity index (χ2v) is 12.9. The van der Waals surface area contributed by atoms with Crippen molar-refractivity contribution in [3.05, 3.63) is 93.4 Å². The summed E-state index contributed by atoms with van der Waals surface area (Å²) in [6.07, 6.45) is 4.95. The molecule has 3 aliphatic rings. The summed E-state index contributed by atoms with van der Waals surface area (Å²) in [5.74, 6) is -0.241. The molecule has 238 valence electrons. The molecule has 0 spiro atoms. The number of amides is 2. The molecule has 3 fully saturated rings.